The number of carboxylic acids is 1. The van der Waals surface area contributed by atoms with Gasteiger partial charge in [0.05, 0.1) is 13.2 Å². The molecule has 0 saturated carbocycles. The molecular weight excluding hydrogens is 340 g/mol. The highest BCUT2D eigenvalue weighted by atomic mass is 16.5. The van der Waals surface area contributed by atoms with Crippen LogP contribution in [0, 0.1) is 12.8 Å². The number of carbonyl (C=O) groups is 2. The Labute approximate surface area is 151 Å². The van der Waals surface area contributed by atoms with Gasteiger partial charge in [0.25, 0.3) is 5.56 Å². The molecule has 1 saturated heterocycles. The van der Waals surface area contributed by atoms with Crippen LogP contribution in [0.3, 0.4) is 0 Å². The number of hydrogen-bond acceptors (Lipinski definition) is 6. The summed E-state index contributed by atoms with van der Waals surface area (Å²) < 4.78 is 5.29. The van der Waals surface area contributed by atoms with Gasteiger partial charge in [-0.15, -0.1) is 0 Å². The Hall–Kier alpha value is -2.42. The number of H-pyrrole nitrogens is 1. The first-order valence-corrected chi connectivity index (χ1v) is 8.74. The van der Waals surface area contributed by atoms with Crippen LogP contribution in [0.5, 0.6) is 0 Å². The van der Waals surface area contributed by atoms with E-state index in [0.717, 1.165) is 0 Å². The number of carbonyl (C=O) groups excluding carboxylic acids is 1. The molecule has 0 unspecified atom stereocenters. The number of morpholine rings is 1. The number of aliphatic carboxylic acids is 1. The Kier molecular flexibility index (Phi) is 6.73. The molecule has 26 heavy (non-hydrogen) atoms. The average Bonchev–Trinajstić information content (AvgIpc) is 2.59. The van der Waals surface area contributed by atoms with Crippen LogP contribution in [-0.2, 0) is 20.7 Å². The smallest absolute Gasteiger partial charge is 0.326 e. The highest BCUT2D eigenvalue weighted by molar-refractivity contribution is 5.83. The predicted molar refractivity (Wildman–Crippen MR) is 95.4 cm³/mol. The number of anilines is 1. The van der Waals surface area contributed by atoms with Gasteiger partial charge in [-0.05, 0) is 19.3 Å². The molecule has 1 atom stereocenters. The Morgan fingerprint density at radius 3 is 2.54 bits per heavy atom. The lowest BCUT2D eigenvalue weighted by molar-refractivity contribution is -0.143. The molecule has 1 aromatic heterocycles. The van der Waals surface area contributed by atoms with Crippen molar-refractivity contribution < 1.29 is 19.4 Å². The van der Waals surface area contributed by atoms with Crippen molar-refractivity contribution in [1.82, 2.24) is 15.3 Å². The molecule has 1 aromatic rings. The van der Waals surface area contributed by atoms with E-state index < -0.39 is 17.9 Å². The number of carboxylic acid groups (broad SMARTS) is 1. The largest absolute Gasteiger partial charge is 0.480 e. The minimum absolute atomic E-state index is 0.0268. The minimum atomic E-state index is -1.07. The van der Waals surface area contributed by atoms with Crippen LogP contribution in [0.4, 0.5) is 5.95 Å². The first kappa shape index (κ1) is 19.9. The van der Waals surface area contributed by atoms with E-state index in [2.05, 4.69) is 15.3 Å². The zero-order valence-corrected chi connectivity index (χ0v) is 15.4. The fourth-order valence-corrected chi connectivity index (χ4v) is 2.81. The minimum Gasteiger partial charge on any atom is -0.480 e. The van der Waals surface area contributed by atoms with Gasteiger partial charge in [0.1, 0.15) is 6.04 Å². The summed E-state index contributed by atoms with van der Waals surface area (Å²) in [6.07, 6.45) is 0.229. The van der Waals surface area contributed by atoms with E-state index in [1.807, 2.05) is 4.90 Å². The lowest BCUT2D eigenvalue weighted by atomic mass is 10.0. The molecule has 1 fully saturated rings. The molecule has 3 N–H and O–H groups in total. The fourth-order valence-electron chi connectivity index (χ4n) is 2.81. The third-order valence-corrected chi connectivity index (χ3v) is 4.37. The SMILES string of the molecule is Cc1nc(N2CCOCC2)[nH]c(=O)c1CCC(=O)N[C@H](C(=O)O)C(C)C. The Balaban J connectivity index is 2.02. The Bertz CT molecular complexity index is 710. The number of amides is 1. The maximum Gasteiger partial charge on any atom is 0.326 e. The summed E-state index contributed by atoms with van der Waals surface area (Å²) in [5, 5.41) is 11.6. The van der Waals surface area contributed by atoms with E-state index in [9.17, 15) is 14.4 Å². The fraction of sp³-hybridized carbons (Fsp3) is 0.647. The van der Waals surface area contributed by atoms with Crippen LogP contribution in [-0.4, -0.2) is 59.3 Å². The molecule has 0 aromatic carbocycles. The number of aryl methyl sites for hydroxylation is 1. The molecule has 2 rings (SSSR count). The van der Waals surface area contributed by atoms with Gasteiger partial charge >= 0.3 is 5.97 Å². The van der Waals surface area contributed by atoms with Crippen molar-refractivity contribution in [1.29, 1.82) is 0 Å². The number of aromatic nitrogens is 2. The maximum atomic E-state index is 12.4. The molecule has 9 nitrogen and oxygen atoms in total. The topological polar surface area (TPSA) is 125 Å². The summed E-state index contributed by atoms with van der Waals surface area (Å²) in [6, 6.07) is -0.941. The quantitative estimate of drug-likeness (QED) is 0.624. The number of rotatable bonds is 7. The molecule has 2 heterocycles. The third-order valence-electron chi connectivity index (χ3n) is 4.37. The van der Waals surface area contributed by atoms with Crippen LogP contribution < -0.4 is 15.8 Å². The standard InChI is InChI=1S/C17H26N4O5/c1-10(2)14(16(24)25)19-13(22)5-4-12-11(3)18-17(20-15(12)23)21-6-8-26-9-7-21/h10,14H,4-9H2,1-3H3,(H,19,22)(H,24,25)(H,18,20,23)/t14-/m0/s1. The Morgan fingerprint density at radius 1 is 1.35 bits per heavy atom. The van der Waals surface area contributed by atoms with Crippen molar-refractivity contribution in [3.05, 3.63) is 21.6 Å². The van der Waals surface area contributed by atoms with Gasteiger partial charge in [-0.25, -0.2) is 9.78 Å². The van der Waals surface area contributed by atoms with Crippen molar-refractivity contribution in [2.24, 2.45) is 5.92 Å². The summed E-state index contributed by atoms with van der Waals surface area (Å²) in [4.78, 5) is 44.7. The van der Waals surface area contributed by atoms with Crippen molar-refractivity contribution in [3.8, 4) is 0 Å². The summed E-state index contributed by atoms with van der Waals surface area (Å²) in [6.45, 7) is 7.69. The summed E-state index contributed by atoms with van der Waals surface area (Å²) in [7, 11) is 0. The van der Waals surface area contributed by atoms with Crippen molar-refractivity contribution in [2.75, 3.05) is 31.2 Å². The third kappa shape index (κ3) is 5.04. The first-order valence-electron chi connectivity index (χ1n) is 8.74. The van der Waals surface area contributed by atoms with Crippen LogP contribution in [0.1, 0.15) is 31.5 Å². The second-order valence-electron chi connectivity index (χ2n) is 6.68. The molecule has 1 aliphatic heterocycles. The van der Waals surface area contributed by atoms with Crippen LogP contribution in [0.25, 0.3) is 0 Å². The van der Waals surface area contributed by atoms with E-state index in [4.69, 9.17) is 9.84 Å². The molecule has 1 aliphatic rings. The number of hydrogen-bond donors (Lipinski definition) is 3. The van der Waals surface area contributed by atoms with Crippen molar-refractivity contribution >= 4 is 17.8 Å². The highest BCUT2D eigenvalue weighted by Crippen LogP contribution is 2.11. The number of nitrogens with zero attached hydrogens (tertiary/aromatic N) is 2. The van der Waals surface area contributed by atoms with Crippen LogP contribution >= 0.6 is 0 Å². The van der Waals surface area contributed by atoms with Crippen LogP contribution in [0.15, 0.2) is 4.79 Å². The van der Waals surface area contributed by atoms with Gasteiger partial charge in [-0.1, -0.05) is 13.8 Å². The van der Waals surface area contributed by atoms with Gasteiger partial charge in [0, 0.05) is 30.8 Å². The van der Waals surface area contributed by atoms with Crippen molar-refractivity contribution in [2.45, 2.75) is 39.7 Å². The molecule has 0 spiro atoms. The van der Waals surface area contributed by atoms with E-state index in [-0.39, 0.29) is 24.3 Å². The normalized spacial score (nSPS) is 15.8. The maximum absolute atomic E-state index is 12.4. The number of ether oxygens (including phenoxy) is 1. The molecule has 9 heteroatoms. The zero-order chi connectivity index (χ0) is 19.3. The van der Waals surface area contributed by atoms with E-state index in [1.54, 1.807) is 20.8 Å². The van der Waals surface area contributed by atoms with Crippen molar-refractivity contribution in [3.63, 3.8) is 0 Å². The van der Waals surface area contributed by atoms with Gasteiger partial charge in [0.15, 0.2) is 0 Å². The van der Waals surface area contributed by atoms with Gasteiger partial charge in [-0.3, -0.25) is 14.6 Å². The number of nitrogens with one attached hydrogen (secondary N) is 2. The van der Waals surface area contributed by atoms with Gasteiger partial charge in [0.2, 0.25) is 11.9 Å². The molecule has 0 aliphatic carbocycles. The van der Waals surface area contributed by atoms with E-state index in [0.29, 0.717) is 43.5 Å². The van der Waals surface area contributed by atoms with E-state index in [1.165, 1.54) is 0 Å². The molecular formula is C17H26N4O5. The molecule has 0 bridgehead atoms. The molecule has 144 valence electrons. The summed E-state index contributed by atoms with van der Waals surface area (Å²) >= 11 is 0. The Morgan fingerprint density at radius 2 is 2.00 bits per heavy atom. The predicted octanol–water partition coefficient (Wildman–Crippen LogP) is 0.0729. The number of aromatic amines is 1. The van der Waals surface area contributed by atoms with Crippen LogP contribution in [0.2, 0.25) is 0 Å². The van der Waals surface area contributed by atoms with Gasteiger partial charge in [-0.2, -0.15) is 0 Å². The molecule has 1 amide bonds. The lowest BCUT2D eigenvalue weighted by Gasteiger charge is -2.27. The summed E-state index contributed by atoms with van der Waals surface area (Å²) in [5.74, 6) is -1.19. The second-order valence-corrected chi connectivity index (χ2v) is 6.68. The average molecular weight is 366 g/mol. The van der Waals surface area contributed by atoms with E-state index >= 15 is 0 Å². The van der Waals surface area contributed by atoms with Gasteiger partial charge < -0.3 is 20.1 Å². The molecule has 0 radical (unpaired) electrons. The second kappa shape index (κ2) is 8.79. The zero-order valence-electron chi connectivity index (χ0n) is 15.4. The first-order chi connectivity index (χ1) is 12.3. The highest BCUT2D eigenvalue weighted by Gasteiger charge is 2.23. The summed E-state index contributed by atoms with van der Waals surface area (Å²) in [5.41, 5.74) is 0.737. The monoisotopic (exact) mass is 366 g/mol. The lowest BCUT2D eigenvalue weighted by Crippen LogP contribution is -2.44.